The number of aryl methyl sites for hydroxylation is 1. The zero-order valence-corrected chi connectivity index (χ0v) is 17.4. The Morgan fingerprint density at radius 3 is 2.47 bits per heavy atom. The summed E-state index contributed by atoms with van der Waals surface area (Å²) in [5.41, 5.74) is 6.60. The van der Waals surface area contributed by atoms with Crippen molar-refractivity contribution in [1.82, 2.24) is 4.98 Å². The Morgan fingerprint density at radius 2 is 1.78 bits per heavy atom. The number of halogens is 4. The lowest BCUT2D eigenvalue weighted by molar-refractivity contribution is -0.137. The van der Waals surface area contributed by atoms with Crippen molar-refractivity contribution in [2.24, 2.45) is 0 Å². The largest absolute Gasteiger partial charge is 0.416 e. The quantitative estimate of drug-likeness (QED) is 0.299. The zero-order chi connectivity index (χ0) is 23.0. The summed E-state index contributed by atoms with van der Waals surface area (Å²) in [5, 5.41) is 5.44. The molecular formula is C22H16F4N4OS. The first-order chi connectivity index (χ1) is 15.1. The molecule has 4 aromatic rings. The highest BCUT2D eigenvalue weighted by Gasteiger charge is 2.31. The number of rotatable bonds is 3. The number of aromatic nitrogens is 1. The number of nitrogens with two attached hydrogens (primary N) is 1. The number of anilines is 3. The van der Waals surface area contributed by atoms with Gasteiger partial charge in [0, 0.05) is 32.4 Å². The van der Waals surface area contributed by atoms with Crippen LogP contribution in [0.15, 0.2) is 54.7 Å². The first-order valence-corrected chi connectivity index (χ1v) is 10.1. The van der Waals surface area contributed by atoms with E-state index in [1.165, 1.54) is 0 Å². The highest BCUT2D eigenvalue weighted by atomic mass is 32.1. The highest BCUT2D eigenvalue weighted by Crippen LogP contribution is 2.40. The lowest BCUT2D eigenvalue weighted by Gasteiger charge is -2.12. The molecule has 0 aliphatic carbocycles. The standard InChI is InChI=1S/C22H16F4N4OS/c1-11-18(19-17(32-11)8-9-28-20(19)27)12-2-5-14(6-3-12)29-21(31)30-16-10-13(22(24,25)26)4-7-15(16)23/h2-10H,1H3,(H2,27,28)(H2,29,30,31). The van der Waals surface area contributed by atoms with Gasteiger partial charge in [0.15, 0.2) is 0 Å². The number of pyridine rings is 1. The van der Waals surface area contributed by atoms with Gasteiger partial charge < -0.3 is 16.4 Å². The van der Waals surface area contributed by atoms with Gasteiger partial charge in [-0.3, -0.25) is 0 Å². The van der Waals surface area contributed by atoms with Gasteiger partial charge in [-0.25, -0.2) is 14.2 Å². The molecule has 2 aromatic heterocycles. The Labute approximate surface area is 183 Å². The van der Waals surface area contributed by atoms with E-state index in [0.29, 0.717) is 29.7 Å². The summed E-state index contributed by atoms with van der Waals surface area (Å²) in [4.78, 5) is 17.4. The van der Waals surface area contributed by atoms with E-state index in [9.17, 15) is 22.4 Å². The zero-order valence-electron chi connectivity index (χ0n) is 16.5. The molecule has 4 rings (SSSR count). The first-order valence-electron chi connectivity index (χ1n) is 9.32. The average Bonchev–Trinajstić information content (AvgIpc) is 3.06. The van der Waals surface area contributed by atoms with Gasteiger partial charge in [-0.2, -0.15) is 13.2 Å². The van der Waals surface area contributed by atoms with Gasteiger partial charge in [-0.05, 0) is 48.9 Å². The second kappa shape index (κ2) is 8.12. The van der Waals surface area contributed by atoms with Crippen molar-refractivity contribution in [3.8, 4) is 11.1 Å². The molecule has 0 atom stereocenters. The van der Waals surface area contributed by atoms with Crippen LogP contribution in [0.2, 0.25) is 0 Å². The number of alkyl halides is 3. The molecule has 0 radical (unpaired) electrons. The van der Waals surface area contributed by atoms with Gasteiger partial charge >= 0.3 is 12.2 Å². The normalized spacial score (nSPS) is 11.5. The monoisotopic (exact) mass is 460 g/mol. The molecule has 2 amide bonds. The minimum atomic E-state index is -4.65. The van der Waals surface area contributed by atoms with Crippen LogP contribution in [0.25, 0.3) is 21.2 Å². The van der Waals surface area contributed by atoms with Crippen molar-refractivity contribution in [3.05, 3.63) is 71.0 Å². The molecule has 0 saturated heterocycles. The fourth-order valence-electron chi connectivity index (χ4n) is 3.34. The van der Waals surface area contributed by atoms with Crippen LogP contribution in [-0.2, 0) is 6.18 Å². The molecule has 0 spiro atoms. The molecule has 5 nitrogen and oxygen atoms in total. The molecule has 0 aliphatic rings. The molecule has 0 aliphatic heterocycles. The van der Waals surface area contributed by atoms with Crippen molar-refractivity contribution >= 4 is 44.6 Å². The molecule has 0 fully saturated rings. The number of nitrogens with zero attached hydrogens (tertiary/aromatic N) is 1. The van der Waals surface area contributed by atoms with Crippen LogP contribution in [0.3, 0.4) is 0 Å². The predicted octanol–water partition coefficient (Wildman–Crippen LogP) is 6.66. The second-order valence-corrected chi connectivity index (χ2v) is 8.21. The molecular weight excluding hydrogens is 444 g/mol. The minimum absolute atomic E-state index is 0.377. The third-order valence-corrected chi connectivity index (χ3v) is 5.85. The predicted molar refractivity (Wildman–Crippen MR) is 118 cm³/mol. The average molecular weight is 460 g/mol. The number of fused-ring (bicyclic) bond motifs is 1. The van der Waals surface area contributed by atoms with Crippen LogP contribution < -0.4 is 16.4 Å². The number of nitrogens with one attached hydrogen (secondary N) is 2. The summed E-state index contributed by atoms with van der Waals surface area (Å²) < 4.78 is 53.3. The van der Waals surface area contributed by atoms with Crippen molar-refractivity contribution in [3.63, 3.8) is 0 Å². The number of hydrogen-bond acceptors (Lipinski definition) is 4. The maximum atomic E-state index is 13.8. The lowest BCUT2D eigenvalue weighted by Crippen LogP contribution is -2.20. The Kier molecular flexibility index (Phi) is 5.47. The molecule has 2 aromatic carbocycles. The maximum absolute atomic E-state index is 13.8. The smallest absolute Gasteiger partial charge is 0.383 e. The topological polar surface area (TPSA) is 80.0 Å². The third-order valence-electron chi connectivity index (χ3n) is 4.78. The van der Waals surface area contributed by atoms with Crippen molar-refractivity contribution in [2.75, 3.05) is 16.4 Å². The van der Waals surface area contributed by atoms with E-state index in [-0.39, 0.29) is 0 Å². The summed E-state index contributed by atoms with van der Waals surface area (Å²) >= 11 is 1.59. The van der Waals surface area contributed by atoms with Gasteiger partial charge in [0.1, 0.15) is 11.6 Å². The SMILES string of the molecule is Cc1sc2ccnc(N)c2c1-c1ccc(NC(=O)Nc2cc(C(F)(F)F)ccc2F)cc1. The van der Waals surface area contributed by atoms with Gasteiger partial charge in [0.2, 0.25) is 0 Å². The van der Waals surface area contributed by atoms with Crippen LogP contribution in [0.1, 0.15) is 10.4 Å². The van der Waals surface area contributed by atoms with E-state index < -0.39 is 29.3 Å². The number of thiophene rings is 1. The van der Waals surface area contributed by atoms with Crippen LogP contribution in [0, 0.1) is 12.7 Å². The number of carbonyl (C=O) groups is 1. The number of nitrogen functional groups attached to an aromatic ring is 1. The van der Waals surface area contributed by atoms with Crippen LogP contribution >= 0.6 is 11.3 Å². The fourth-order valence-corrected chi connectivity index (χ4v) is 4.43. The van der Waals surface area contributed by atoms with E-state index in [0.717, 1.165) is 26.1 Å². The summed E-state index contributed by atoms with van der Waals surface area (Å²) in [6, 6.07) is 9.64. The van der Waals surface area contributed by atoms with Gasteiger partial charge in [0.05, 0.1) is 11.3 Å². The molecule has 2 heterocycles. The van der Waals surface area contributed by atoms with E-state index in [1.807, 2.05) is 13.0 Å². The van der Waals surface area contributed by atoms with Crippen molar-refractivity contribution < 1.29 is 22.4 Å². The maximum Gasteiger partial charge on any atom is 0.416 e. The molecule has 4 N–H and O–H groups in total. The Hall–Kier alpha value is -3.66. The Bertz CT molecular complexity index is 1320. The summed E-state index contributed by atoms with van der Waals surface area (Å²) in [6.45, 7) is 1.97. The van der Waals surface area contributed by atoms with Gasteiger partial charge in [-0.1, -0.05) is 12.1 Å². The van der Waals surface area contributed by atoms with Crippen LogP contribution in [0.4, 0.5) is 39.5 Å². The lowest BCUT2D eigenvalue weighted by atomic mass is 10.0. The summed E-state index contributed by atoms with van der Waals surface area (Å²) in [6.07, 6.45) is -3.00. The third kappa shape index (κ3) is 4.22. The molecule has 0 unspecified atom stereocenters. The van der Waals surface area contributed by atoms with Gasteiger partial charge in [-0.15, -0.1) is 11.3 Å². The fraction of sp³-hybridized carbons (Fsp3) is 0.0909. The van der Waals surface area contributed by atoms with E-state index in [2.05, 4.69) is 15.6 Å². The highest BCUT2D eigenvalue weighted by molar-refractivity contribution is 7.19. The summed E-state index contributed by atoms with van der Waals surface area (Å²) in [7, 11) is 0. The summed E-state index contributed by atoms with van der Waals surface area (Å²) in [5.74, 6) is -0.555. The molecule has 32 heavy (non-hydrogen) atoms. The van der Waals surface area contributed by atoms with E-state index >= 15 is 0 Å². The molecule has 0 bridgehead atoms. The van der Waals surface area contributed by atoms with Crippen LogP contribution in [0.5, 0.6) is 0 Å². The number of hydrogen-bond donors (Lipinski definition) is 3. The number of carbonyl (C=O) groups excluding carboxylic acids is 1. The molecule has 0 saturated carbocycles. The number of urea groups is 1. The van der Waals surface area contributed by atoms with E-state index in [1.54, 1.807) is 41.8 Å². The first kappa shape index (κ1) is 21.6. The number of amides is 2. The minimum Gasteiger partial charge on any atom is -0.383 e. The van der Waals surface area contributed by atoms with Crippen LogP contribution in [-0.4, -0.2) is 11.0 Å². The van der Waals surface area contributed by atoms with Crippen molar-refractivity contribution in [2.45, 2.75) is 13.1 Å². The number of benzene rings is 2. The molecule has 10 heteroatoms. The van der Waals surface area contributed by atoms with Gasteiger partial charge in [0.25, 0.3) is 0 Å². The van der Waals surface area contributed by atoms with E-state index in [4.69, 9.17) is 5.73 Å². The molecule has 164 valence electrons. The Morgan fingerprint density at radius 1 is 1.06 bits per heavy atom. The second-order valence-electron chi connectivity index (χ2n) is 6.95. The van der Waals surface area contributed by atoms with Crippen molar-refractivity contribution in [1.29, 1.82) is 0 Å². The Balaban J connectivity index is 1.53.